The highest BCUT2D eigenvalue weighted by molar-refractivity contribution is 4.87. The van der Waals surface area contributed by atoms with Gasteiger partial charge in [-0.2, -0.15) is 0 Å². The number of hydrogen-bond donors (Lipinski definition) is 0. The van der Waals surface area contributed by atoms with Crippen molar-refractivity contribution >= 4 is 0 Å². The average Bonchev–Trinajstić information content (AvgIpc) is 1.84. The Morgan fingerprint density at radius 1 is 0.636 bits per heavy atom. The fourth-order valence-corrected chi connectivity index (χ4v) is 0.286. The maximum atomic E-state index is 11.9. The zero-order chi connectivity index (χ0) is 9.23. The van der Waals surface area contributed by atoms with E-state index in [0.29, 0.717) is 0 Å². The Hall–Kier alpha value is -0.490. The molecule has 0 aromatic heterocycles. The van der Waals surface area contributed by atoms with E-state index in [9.17, 15) is 30.7 Å². The van der Waals surface area contributed by atoms with Crippen LogP contribution in [-0.2, 0) is 0 Å². The van der Waals surface area contributed by atoms with Gasteiger partial charge in [-0.15, -0.1) is 0 Å². The topological polar surface area (TPSA) is 0 Å². The molecule has 0 spiro atoms. The predicted octanol–water partition coefficient (Wildman–Crippen LogP) is 2.49. The van der Waals surface area contributed by atoms with Gasteiger partial charge in [-0.25, -0.2) is 30.7 Å². The summed E-state index contributed by atoms with van der Waals surface area (Å²) in [6.45, 7) is 0. The molecule has 0 unspecified atom stereocenters. The van der Waals surface area contributed by atoms with E-state index in [2.05, 4.69) is 0 Å². The maximum Gasteiger partial charge on any atom is 0.290 e. The van der Waals surface area contributed by atoms with Gasteiger partial charge >= 0.3 is 0 Å². The van der Waals surface area contributed by atoms with Gasteiger partial charge in [-0.1, -0.05) is 0 Å². The smallest absolute Gasteiger partial charge is 0.225 e. The molecule has 0 saturated carbocycles. The normalized spacial score (nSPS) is 13.6. The molecule has 0 aromatic rings. The molecule has 0 rings (SSSR count). The monoisotopic (exact) mass is 184 g/mol. The van der Waals surface area contributed by atoms with Crippen molar-refractivity contribution in [3.8, 4) is 0 Å². The van der Waals surface area contributed by atoms with Crippen LogP contribution in [0.1, 0.15) is 0 Å². The maximum absolute atomic E-state index is 11.9. The molecule has 0 aliphatic heterocycles. The van der Waals surface area contributed by atoms with E-state index in [4.69, 9.17) is 0 Å². The van der Waals surface area contributed by atoms with Gasteiger partial charge in [0.1, 0.15) is 0 Å². The first kappa shape index (κ1) is 10.5. The molecule has 0 amide bonds. The summed E-state index contributed by atoms with van der Waals surface area (Å²) in [6, 6.07) is 0. The Kier molecular flexibility index (Phi) is 3.13. The minimum Gasteiger partial charge on any atom is -0.225 e. The first-order valence-electron chi connectivity index (χ1n) is 2.36. The standard InChI is InChI=1S/C4H3F7/c5-1(6)4(11,2(7)8)3(9)10/h1-3H. The molecule has 68 valence electrons. The number of alkyl halides is 7. The van der Waals surface area contributed by atoms with Crippen molar-refractivity contribution < 1.29 is 30.7 Å². The molecule has 0 aromatic carbocycles. The van der Waals surface area contributed by atoms with Gasteiger partial charge in [0, 0.05) is 0 Å². The minimum absolute atomic E-state index is 4.39. The summed E-state index contributed by atoms with van der Waals surface area (Å²) in [5.41, 5.74) is -5.00. The zero-order valence-corrected chi connectivity index (χ0v) is 4.88. The van der Waals surface area contributed by atoms with Crippen molar-refractivity contribution in [3.63, 3.8) is 0 Å². The third-order valence-corrected chi connectivity index (χ3v) is 1.00. The van der Waals surface area contributed by atoms with Gasteiger partial charge in [0.25, 0.3) is 24.9 Å². The number of halogens is 7. The van der Waals surface area contributed by atoms with Crippen LogP contribution in [-0.4, -0.2) is 24.9 Å². The Morgan fingerprint density at radius 3 is 0.818 bits per heavy atom. The van der Waals surface area contributed by atoms with Crippen LogP contribution in [0, 0.1) is 0 Å². The molecule has 0 nitrogen and oxygen atoms in total. The van der Waals surface area contributed by atoms with Crippen molar-refractivity contribution in [3.05, 3.63) is 0 Å². The van der Waals surface area contributed by atoms with E-state index < -0.39 is 24.9 Å². The summed E-state index contributed by atoms with van der Waals surface area (Å²) < 4.78 is 79.4. The highest BCUT2D eigenvalue weighted by Crippen LogP contribution is 2.34. The summed E-state index contributed by atoms with van der Waals surface area (Å²) in [5, 5.41) is 0. The second kappa shape index (κ2) is 3.27. The lowest BCUT2D eigenvalue weighted by molar-refractivity contribution is -0.193. The van der Waals surface area contributed by atoms with Crippen LogP contribution >= 0.6 is 0 Å². The summed E-state index contributed by atoms with van der Waals surface area (Å²) in [7, 11) is 0. The van der Waals surface area contributed by atoms with Crippen LogP contribution in [0.25, 0.3) is 0 Å². The molecule has 0 heterocycles. The Bertz CT molecular complexity index is 97.8. The van der Waals surface area contributed by atoms with Gasteiger partial charge in [0.15, 0.2) is 0 Å². The zero-order valence-electron chi connectivity index (χ0n) is 4.88. The summed E-state index contributed by atoms with van der Waals surface area (Å²) >= 11 is 0. The molecule has 0 N–H and O–H groups in total. The van der Waals surface area contributed by atoms with Gasteiger partial charge < -0.3 is 0 Å². The minimum atomic E-state index is -5.00. The first-order chi connectivity index (χ1) is 4.83. The molecule has 0 radical (unpaired) electrons. The molecule has 0 atom stereocenters. The van der Waals surface area contributed by atoms with Crippen molar-refractivity contribution in [2.75, 3.05) is 0 Å². The highest BCUT2D eigenvalue weighted by Gasteiger charge is 2.57. The van der Waals surface area contributed by atoms with Crippen molar-refractivity contribution in [2.45, 2.75) is 24.9 Å². The Balaban J connectivity index is 4.53. The fraction of sp³-hybridized carbons (Fsp3) is 1.00. The first-order valence-corrected chi connectivity index (χ1v) is 2.36. The van der Waals surface area contributed by atoms with Crippen LogP contribution in [0.3, 0.4) is 0 Å². The van der Waals surface area contributed by atoms with Crippen molar-refractivity contribution in [1.82, 2.24) is 0 Å². The van der Waals surface area contributed by atoms with Crippen LogP contribution in [0.4, 0.5) is 30.7 Å². The molecule has 0 fully saturated rings. The third-order valence-electron chi connectivity index (χ3n) is 1.00. The van der Waals surface area contributed by atoms with Gasteiger partial charge in [0.05, 0.1) is 0 Å². The van der Waals surface area contributed by atoms with Crippen LogP contribution < -0.4 is 0 Å². The SMILES string of the molecule is FC(F)C(F)(C(F)F)C(F)F. The molecule has 0 aliphatic carbocycles. The Morgan fingerprint density at radius 2 is 0.818 bits per heavy atom. The van der Waals surface area contributed by atoms with Gasteiger partial charge in [-0.3, -0.25) is 0 Å². The largest absolute Gasteiger partial charge is 0.290 e. The van der Waals surface area contributed by atoms with E-state index in [-0.39, 0.29) is 0 Å². The summed E-state index contributed by atoms with van der Waals surface area (Å²) in [5.74, 6) is 0. The van der Waals surface area contributed by atoms with E-state index in [1.54, 1.807) is 0 Å². The quantitative estimate of drug-likeness (QED) is 0.591. The van der Waals surface area contributed by atoms with Crippen molar-refractivity contribution in [1.29, 1.82) is 0 Å². The predicted molar refractivity (Wildman–Crippen MR) is 21.9 cm³/mol. The van der Waals surface area contributed by atoms with E-state index in [1.807, 2.05) is 0 Å². The third kappa shape index (κ3) is 1.75. The number of rotatable bonds is 3. The second-order valence-electron chi connectivity index (χ2n) is 1.73. The van der Waals surface area contributed by atoms with E-state index in [0.717, 1.165) is 0 Å². The van der Waals surface area contributed by atoms with Gasteiger partial charge in [0.2, 0.25) is 0 Å². The van der Waals surface area contributed by atoms with E-state index >= 15 is 0 Å². The van der Waals surface area contributed by atoms with Gasteiger partial charge in [-0.05, 0) is 0 Å². The molecule has 7 heteroatoms. The molecule has 0 saturated heterocycles. The lowest BCUT2D eigenvalue weighted by Crippen LogP contribution is -2.46. The van der Waals surface area contributed by atoms with Crippen LogP contribution in [0.15, 0.2) is 0 Å². The lowest BCUT2D eigenvalue weighted by atomic mass is 10.1. The molecule has 0 bridgehead atoms. The van der Waals surface area contributed by atoms with Crippen LogP contribution in [0.2, 0.25) is 0 Å². The summed E-state index contributed by atoms with van der Waals surface area (Å²) in [4.78, 5) is 0. The lowest BCUT2D eigenvalue weighted by Gasteiger charge is -2.21. The van der Waals surface area contributed by atoms with E-state index in [1.165, 1.54) is 0 Å². The van der Waals surface area contributed by atoms with Crippen molar-refractivity contribution in [2.24, 2.45) is 0 Å². The molecular weight excluding hydrogens is 181 g/mol. The highest BCUT2D eigenvalue weighted by atomic mass is 19.3. The summed E-state index contributed by atoms with van der Waals surface area (Å²) in [6.07, 6.45) is -13.2. The molecule has 11 heavy (non-hydrogen) atoms. The number of hydrogen-bond acceptors (Lipinski definition) is 0. The average molecular weight is 184 g/mol. The molecule has 0 aliphatic rings. The Labute approximate surface area is 57.0 Å². The fourth-order valence-electron chi connectivity index (χ4n) is 0.286. The molecular formula is C4H3F7. The van der Waals surface area contributed by atoms with Crippen LogP contribution in [0.5, 0.6) is 0 Å². The second-order valence-corrected chi connectivity index (χ2v) is 1.73.